The van der Waals surface area contributed by atoms with Crippen LogP contribution in [0, 0.1) is 5.92 Å². The van der Waals surface area contributed by atoms with Crippen molar-refractivity contribution in [2.24, 2.45) is 5.92 Å². The molecular formula is C18H25NO4. The molecule has 0 aromatic heterocycles. The lowest BCUT2D eigenvalue weighted by Crippen LogP contribution is -2.49. The predicted octanol–water partition coefficient (Wildman–Crippen LogP) is 2.58. The normalized spacial score (nSPS) is 13.0. The van der Waals surface area contributed by atoms with Gasteiger partial charge in [-0.1, -0.05) is 50.6 Å². The number of esters is 1. The highest BCUT2D eigenvalue weighted by atomic mass is 16.5. The van der Waals surface area contributed by atoms with Crippen LogP contribution in [-0.4, -0.2) is 35.7 Å². The molecule has 0 spiro atoms. The van der Waals surface area contributed by atoms with Gasteiger partial charge in [-0.25, -0.2) is 4.79 Å². The smallest absolute Gasteiger partial charge is 0.328 e. The average molecular weight is 319 g/mol. The standard InChI is InChI=1S/C18H25NO4/c1-5-13(2)17(18(22)23-4)19(16(21)11-14(3)20)12-15-9-7-6-8-10-15/h6-10,13,17H,5,11-12H2,1-4H3/t13-,17-/m0/s1. The fourth-order valence-electron chi connectivity index (χ4n) is 2.45. The highest BCUT2D eigenvalue weighted by Crippen LogP contribution is 2.20. The number of amides is 1. The molecular weight excluding hydrogens is 294 g/mol. The Morgan fingerprint density at radius 3 is 2.26 bits per heavy atom. The van der Waals surface area contributed by atoms with Gasteiger partial charge in [-0.3, -0.25) is 9.59 Å². The average Bonchev–Trinajstić information content (AvgIpc) is 2.53. The molecule has 0 saturated carbocycles. The molecule has 0 fully saturated rings. The van der Waals surface area contributed by atoms with Crippen molar-refractivity contribution >= 4 is 17.7 Å². The Morgan fingerprint density at radius 1 is 1.17 bits per heavy atom. The summed E-state index contributed by atoms with van der Waals surface area (Å²) >= 11 is 0. The molecule has 2 atom stereocenters. The first-order chi connectivity index (χ1) is 10.9. The van der Waals surface area contributed by atoms with Crippen LogP contribution in [0.2, 0.25) is 0 Å². The zero-order valence-electron chi connectivity index (χ0n) is 14.2. The quantitative estimate of drug-likeness (QED) is 0.546. The third kappa shape index (κ3) is 5.51. The zero-order valence-corrected chi connectivity index (χ0v) is 14.2. The Kier molecular flexibility index (Phi) is 7.45. The monoisotopic (exact) mass is 319 g/mol. The molecule has 0 aliphatic heterocycles. The van der Waals surface area contributed by atoms with Gasteiger partial charge in [0.1, 0.15) is 11.8 Å². The van der Waals surface area contributed by atoms with Gasteiger partial charge < -0.3 is 9.64 Å². The summed E-state index contributed by atoms with van der Waals surface area (Å²) in [5.74, 6) is -1.09. The van der Waals surface area contributed by atoms with E-state index in [4.69, 9.17) is 4.74 Å². The van der Waals surface area contributed by atoms with Gasteiger partial charge >= 0.3 is 5.97 Å². The van der Waals surface area contributed by atoms with Gasteiger partial charge in [0.05, 0.1) is 13.5 Å². The second-order valence-corrected chi connectivity index (χ2v) is 5.74. The summed E-state index contributed by atoms with van der Waals surface area (Å²) in [5.41, 5.74) is 0.904. The Hall–Kier alpha value is -2.17. The van der Waals surface area contributed by atoms with Gasteiger partial charge in [-0.15, -0.1) is 0 Å². The maximum Gasteiger partial charge on any atom is 0.328 e. The molecule has 126 valence electrons. The van der Waals surface area contributed by atoms with Gasteiger partial charge in [0.25, 0.3) is 0 Å². The molecule has 0 N–H and O–H groups in total. The van der Waals surface area contributed by atoms with Gasteiger partial charge in [-0.2, -0.15) is 0 Å². The van der Waals surface area contributed by atoms with Crippen LogP contribution in [0.1, 0.15) is 39.2 Å². The van der Waals surface area contributed by atoms with Gasteiger partial charge in [0.15, 0.2) is 0 Å². The molecule has 1 aromatic rings. The van der Waals surface area contributed by atoms with Gasteiger partial charge in [0.2, 0.25) is 5.91 Å². The van der Waals surface area contributed by atoms with Crippen molar-refractivity contribution in [3.63, 3.8) is 0 Å². The number of benzene rings is 1. The van der Waals surface area contributed by atoms with Crippen molar-refractivity contribution in [1.82, 2.24) is 4.90 Å². The first-order valence-corrected chi connectivity index (χ1v) is 7.81. The first-order valence-electron chi connectivity index (χ1n) is 7.81. The number of hydrogen-bond acceptors (Lipinski definition) is 4. The van der Waals surface area contributed by atoms with Crippen LogP contribution in [0.25, 0.3) is 0 Å². The lowest BCUT2D eigenvalue weighted by Gasteiger charge is -2.33. The van der Waals surface area contributed by atoms with E-state index in [1.165, 1.54) is 18.9 Å². The molecule has 0 bridgehead atoms. The summed E-state index contributed by atoms with van der Waals surface area (Å²) in [5, 5.41) is 0. The summed E-state index contributed by atoms with van der Waals surface area (Å²) in [6.45, 7) is 5.50. The minimum Gasteiger partial charge on any atom is -0.467 e. The summed E-state index contributed by atoms with van der Waals surface area (Å²) in [6, 6.07) is 8.71. The second kappa shape index (κ2) is 9.08. The molecule has 0 aliphatic rings. The molecule has 0 radical (unpaired) electrons. The summed E-state index contributed by atoms with van der Waals surface area (Å²) in [7, 11) is 1.31. The molecule has 5 heteroatoms. The maximum atomic E-state index is 12.5. The van der Waals surface area contributed by atoms with E-state index in [1.807, 2.05) is 44.2 Å². The van der Waals surface area contributed by atoms with Crippen LogP contribution in [-0.2, 0) is 25.7 Å². The van der Waals surface area contributed by atoms with E-state index in [2.05, 4.69) is 0 Å². The predicted molar refractivity (Wildman–Crippen MR) is 87.5 cm³/mol. The fourth-order valence-corrected chi connectivity index (χ4v) is 2.45. The van der Waals surface area contributed by atoms with Crippen LogP contribution in [0.5, 0.6) is 0 Å². The van der Waals surface area contributed by atoms with Crippen molar-refractivity contribution in [3.05, 3.63) is 35.9 Å². The van der Waals surface area contributed by atoms with Crippen molar-refractivity contribution in [1.29, 1.82) is 0 Å². The Balaban J connectivity index is 3.15. The van der Waals surface area contributed by atoms with Crippen molar-refractivity contribution in [2.45, 2.75) is 46.2 Å². The number of nitrogens with zero attached hydrogens (tertiary/aromatic N) is 1. The SMILES string of the molecule is CC[C@H](C)[C@@H](C(=O)OC)N(Cc1ccccc1)C(=O)CC(C)=O. The third-order valence-electron chi connectivity index (χ3n) is 3.88. The molecule has 5 nitrogen and oxygen atoms in total. The van der Waals surface area contributed by atoms with Gasteiger partial charge in [0, 0.05) is 6.54 Å². The number of carbonyl (C=O) groups excluding carboxylic acids is 3. The summed E-state index contributed by atoms with van der Waals surface area (Å²) in [4.78, 5) is 37.6. The molecule has 0 heterocycles. The van der Waals surface area contributed by atoms with E-state index in [9.17, 15) is 14.4 Å². The van der Waals surface area contributed by atoms with Crippen molar-refractivity contribution in [3.8, 4) is 0 Å². The highest BCUT2D eigenvalue weighted by Gasteiger charge is 2.34. The minimum atomic E-state index is -0.697. The molecule has 1 rings (SSSR count). The highest BCUT2D eigenvalue weighted by molar-refractivity contribution is 5.98. The Morgan fingerprint density at radius 2 is 1.78 bits per heavy atom. The number of rotatable bonds is 8. The summed E-state index contributed by atoms with van der Waals surface area (Å²) < 4.78 is 4.89. The number of carbonyl (C=O) groups is 3. The molecule has 23 heavy (non-hydrogen) atoms. The number of methoxy groups -OCH3 is 1. The number of Topliss-reactive ketones (excluding diaryl/α,β-unsaturated/α-hetero) is 1. The number of ether oxygens (including phenoxy) is 1. The molecule has 0 saturated heterocycles. The number of ketones is 1. The van der Waals surface area contributed by atoms with E-state index in [0.29, 0.717) is 0 Å². The van der Waals surface area contributed by atoms with Crippen LogP contribution >= 0.6 is 0 Å². The van der Waals surface area contributed by atoms with E-state index in [1.54, 1.807) is 0 Å². The van der Waals surface area contributed by atoms with Crippen LogP contribution < -0.4 is 0 Å². The third-order valence-corrected chi connectivity index (χ3v) is 3.88. The van der Waals surface area contributed by atoms with Crippen LogP contribution in [0.4, 0.5) is 0 Å². The van der Waals surface area contributed by atoms with E-state index >= 15 is 0 Å². The minimum absolute atomic E-state index is 0.0675. The maximum absolute atomic E-state index is 12.5. The molecule has 0 aliphatic carbocycles. The Labute approximate surface area is 137 Å². The lowest BCUT2D eigenvalue weighted by molar-refractivity contribution is -0.156. The largest absolute Gasteiger partial charge is 0.467 e. The van der Waals surface area contributed by atoms with E-state index in [0.717, 1.165) is 12.0 Å². The van der Waals surface area contributed by atoms with Crippen molar-refractivity contribution < 1.29 is 19.1 Å². The lowest BCUT2D eigenvalue weighted by atomic mass is 9.96. The van der Waals surface area contributed by atoms with E-state index < -0.39 is 12.0 Å². The molecule has 0 unspecified atom stereocenters. The van der Waals surface area contributed by atoms with Crippen LogP contribution in [0.3, 0.4) is 0 Å². The Bertz CT molecular complexity index is 541. The molecule has 1 amide bonds. The first kappa shape index (κ1) is 18.9. The van der Waals surface area contributed by atoms with E-state index in [-0.39, 0.29) is 30.6 Å². The number of hydrogen-bond donors (Lipinski definition) is 0. The second-order valence-electron chi connectivity index (χ2n) is 5.74. The topological polar surface area (TPSA) is 63.7 Å². The molecule has 1 aromatic carbocycles. The zero-order chi connectivity index (χ0) is 17.4. The fraction of sp³-hybridized carbons (Fsp3) is 0.500. The summed E-state index contributed by atoms with van der Waals surface area (Å²) in [6.07, 6.45) is 0.509. The van der Waals surface area contributed by atoms with Crippen LogP contribution in [0.15, 0.2) is 30.3 Å². The van der Waals surface area contributed by atoms with Crippen molar-refractivity contribution in [2.75, 3.05) is 7.11 Å². The van der Waals surface area contributed by atoms with Gasteiger partial charge in [-0.05, 0) is 18.4 Å².